The normalized spacial score (nSPS) is 10.9. The van der Waals surface area contributed by atoms with Gasteiger partial charge in [0.1, 0.15) is 10.6 Å². The van der Waals surface area contributed by atoms with E-state index in [2.05, 4.69) is 4.98 Å². The average Bonchev–Trinajstić information content (AvgIpc) is 2.91. The van der Waals surface area contributed by atoms with Gasteiger partial charge in [0, 0.05) is 0 Å². The SMILES string of the molecule is O=C(O)c1ccc(Cn2cnc3sccc3c2=O)cc1F. The molecule has 0 bridgehead atoms. The fraction of sp³-hybridized carbons (Fsp3) is 0.0714. The molecule has 0 aliphatic heterocycles. The van der Waals surface area contributed by atoms with Gasteiger partial charge in [-0.3, -0.25) is 9.36 Å². The molecular formula is C14H9FN2O3S. The minimum absolute atomic E-state index is 0.133. The van der Waals surface area contributed by atoms with Gasteiger partial charge in [-0.2, -0.15) is 0 Å². The van der Waals surface area contributed by atoms with Crippen molar-refractivity contribution >= 4 is 27.5 Å². The summed E-state index contributed by atoms with van der Waals surface area (Å²) in [5.41, 5.74) is -0.0996. The third-order valence-corrected chi connectivity index (χ3v) is 3.89. The highest BCUT2D eigenvalue weighted by atomic mass is 32.1. The monoisotopic (exact) mass is 304 g/mol. The lowest BCUT2D eigenvalue weighted by atomic mass is 10.1. The lowest BCUT2D eigenvalue weighted by molar-refractivity contribution is 0.0692. The van der Waals surface area contributed by atoms with Crippen LogP contribution >= 0.6 is 11.3 Å². The van der Waals surface area contributed by atoms with Crippen LogP contribution in [0.2, 0.25) is 0 Å². The Kier molecular flexibility index (Phi) is 3.26. The quantitative estimate of drug-likeness (QED) is 0.806. The first kappa shape index (κ1) is 13.4. The number of hydrogen-bond acceptors (Lipinski definition) is 4. The molecule has 0 unspecified atom stereocenters. The van der Waals surface area contributed by atoms with Crippen LogP contribution in [0.15, 0.2) is 40.8 Å². The Balaban J connectivity index is 1.99. The summed E-state index contributed by atoms with van der Waals surface area (Å²) in [5.74, 6) is -2.14. The van der Waals surface area contributed by atoms with Crippen molar-refractivity contribution in [2.75, 3.05) is 0 Å². The van der Waals surface area contributed by atoms with Crippen molar-refractivity contribution in [2.45, 2.75) is 6.54 Å². The zero-order valence-corrected chi connectivity index (χ0v) is 11.4. The molecule has 1 N–H and O–H groups in total. The first-order valence-electron chi connectivity index (χ1n) is 6.00. The number of fused-ring (bicyclic) bond motifs is 1. The van der Waals surface area contributed by atoms with Crippen LogP contribution in [-0.4, -0.2) is 20.6 Å². The maximum Gasteiger partial charge on any atom is 0.338 e. The van der Waals surface area contributed by atoms with Crippen molar-refractivity contribution in [3.63, 3.8) is 0 Å². The summed E-state index contributed by atoms with van der Waals surface area (Å²) in [5, 5.41) is 11.1. The van der Waals surface area contributed by atoms with E-state index in [1.165, 1.54) is 34.4 Å². The first-order valence-corrected chi connectivity index (χ1v) is 6.88. The minimum Gasteiger partial charge on any atom is -0.478 e. The van der Waals surface area contributed by atoms with Crippen LogP contribution in [0.4, 0.5) is 4.39 Å². The summed E-state index contributed by atoms with van der Waals surface area (Å²) in [6.45, 7) is 0.133. The second-order valence-corrected chi connectivity index (χ2v) is 5.33. The Labute approximate surface area is 121 Å². The van der Waals surface area contributed by atoms with Gasteiger partial charge in [-0.15, -0.1) is 11.3 Å². The molecule has 0 saturated carbocycles. The highest BCUT2D eigenvalue weighted by molar-refractivity contribution is 7.16. The number of hydrogen-bond donors (Lipinski definition) is 1. The summed E-state index contributed by atoms with van der Waals surface area (Å²) < 4.78 is 15.0. The number of carbonyl (C=O) groups is 1. The fourth-order valence-electron chi connectivity index (χ4n) is 2.03. The molecule has 0 aliphatic rings. The van der Waals surface area contributed by atoms with Crippen LogP contribution in [-0.2, 0) is 6.54 Å². The molecule has 0 atom stereocenters. The molecule has 1 aromatic carbocycles. The Morgan fingerprint density at radius 3 is 2.90 bits per heavy atom. The summed E-state index contributed by atoms with van der Waals surface area (Å²) in [6.07, 6.45) is 1.41. The van der Waals surface area contributed by atoms with E-state index < -0.39 is 17.3 Å². The molecule has 5 nitrogen and oxygen atoms in total. The zero-order valence-electron chi connectivity index (χ0n) is 10.6. The number of halogens is 1. The third-order valence-electron chi connectivity index (χ3n) is 3.07. The molecule has 0 amide bonds. The Bertz CT molecular complexity index is 901. The number of carboxylic acid groups (broad SMARTS) is 1. The van der Waals surface area contributed by atoms with Gasteiger partial charge in [0.15, 0.2) is 0 Å². The van der Waals surface area contributed by atoms with Crippen LogP contribution in [0.25, 0.3) is 10.2 Å². The van der Waals surface area contributed by atoms with E-state index in [0.717, 1.165) is 6.07 Å². The third kappa shape index (κ3) is 2.43. The first-order chi connectivity index (χ1) is 10.1. The summed E-state index contributed by atoms with van der Waals surface area (Å²) in [4.78, 5) is 27.8. The molecular weight excluding hydrogens is 295 g/mol. The van der Waals surface area contributed by atoms with E-state index >= 15 is 0 Å². The van der Waals surface area contributed by atoms with E-state index in [9.17, 15) is 14.0 Å². The van der Waals surface area contributed by atoms with Crippen LogP contribution in [0.5, 0.6) is 0 Å². The van der Waals surface area contributed by atoms with Gasteiger partial charge in [-0.1, -0.05) is 6.07 Å². The number of carboxylic acids is 1. The Morgan fingerprint density at radius 2 is 2.19 bits per heavy atom. The van der Waals surface area contributed by atoms with Crippen molar-refractivity contribution in [3.05, 3.63) is 63.3 Å². The van der Waals surface area contributed by atoms with Crippen molar-refractivity contribution < 1.29 is 14.3 Å². The predicted octanol–water partition coefficient (Wildman–Crippen LogP) is 2.34. The molecule has 0 fully saturated rings. The molecule has 3 aromatic rings. The molecule has 7 heteroatoms. The number of rotatable bonds is 3. The van der Waals surface area contributed by atoms with E-state index in [4.69, 9.17) is 5.11 Å². The van der Waals surface area contributed by atoms with Crippen LogP contribution in [0.1, 0.15) is 15.9 Å². The molecule has 21 heavy (non-hydrogen) atoms. The average molecular weight is 304 g/mol. The van der Waals surface area contributed by atoms with E-state index in [-0.39, 0.29) is 12.1 Å². The van der Waals surface area contributed by atoms with Gasteiger partial charge in [0.05, 0.1) is 23.8 Å². The molecule has 0 spiro atoms. The van der Waals surface area contributed by atoms with Gasteiger partial charge < -0.3 is 5.11 Å². The number of aromatic carboxylic acids is 1. The van der Waals surface area contributed by atoms with Gasteiger partial charge >= 0.3 is 5.97 Å². The Morgan fingerprint density at radius 1 is 1.38 bits per heavy atom. The summed E-state index contributed by atoms with van der Waals surface area (Å²) in [7, 11) is 0. The van der Waals surface area contributed by atoms with Gasteiger partial charge in [0.2, 0.25) is 0 Å². The standard InChI is InChI=1S/C14H9FN2O3S/c15-11-5-8(1-2-9(11)14(19)20)6-17-7-16-12-10(13(17)18)3-4-21-12/h1-5,7H,6H2,(H,19,20). The molecule has 0 radical (unpaired) electrons. The summed E-state index contributed by atoms with van der Waals surface area (Å²) in [6, 6.07) is 5.49. The maximum atomic E-state index is 13.6. The van der Waals surface area contributed by atoms with Crippen molar-refractivity contribution in [3.8, 4) is 0 Å². The van der Waals surface area contributed by atoms with E-state index in [1.54, 1.807) is 11.4 Å². The lowest BCUT2D eigenvalue weighted by Gasteiger charge is -2.06. The second kappa shape index (κ2) is 5.10. The number of nitrogens with zero attached hydrogens (tertiary/aromatic N) is 2. The molecule has 2 aromatic heterocycles. The highest BCUT2D eigenvalue weighted by Crippen LogP contribution is 2.15. The molecule has 106 valence electrons. The fourth-order valence-corrected chi connectivity index (χ4v) is 2.76. The van der Waals surface area contributed by atoms with Gasteiger partial charge in [-0.25, -0.2) is 14.2 Å². The maximum absolute atomic E-state index is 13.6. The molecule has 0 aliphatic carbocycles. The number of aromatic nitrogens is 2. The van der Waals surface area contributed by atoms with Crippen molar-refractivity contribution in [2.24, 2.45) is 0 Å². The smallest absolute Gasteiger partial charge is 0.338 e. The van der Waals surface area contributed by atoms with Crippen LogP contribution < -0.4 is 5.56 Å². The van der Waals surface area contributed by atoms with Crippen molar-refractivity contribution in [1.29, 1.82) is 0 Å². The van der Waals surface area contributed by atoms with Gasteiger partial charge in [-0.05, 0) is 29.1 Å². The van der Waals surface area contributed by atoms with E-state index in [0.29, 0.717) is 15.8 Å². The number of benzene rings is 1. The van der Waals surface area contributed by atoms with Gasteiger partial charge in [0.25, 0.3) is 5.56 Å². The summed E-state index contributed by atoms with van der Waals surface area (Å²) >= 11 is 1.37. The van der Waals surface area contributed by atoms with E-state index in [1.807, 2.05) is 0 Å². The predicted molar refractivity (Wildman–Crippen MR) is 76.3 cm³/mol. The molecule has 0 saturated heterocycles. The molecule has 2 heterocycles. The van der Waals surface area contributed by atoms with Crippen molar-refractivity contribution in [1.82, 2.24) is 9.55 Å². The zero-order chi connectivity index (χ0) is 15.0. The molecule has 3 rings (SSSR count). The van der Waals surface area contributed by atoms with Crippen LogP contribution in [0, 0.1) is 5.82 Å². The number of thiophene rings is 1. The largest absolute Gasteiger partial charge is 0.478 e. The Hall–Kier alpha value is -2.54. The minimum atomic E-state index is -1.32. The lowest BCUT2D eigenvalue weighted by Crippen LogP contribution is -2.20. The highest BCUT2D eigenvalue weighted by Gasteiger charge is 2.11. The topological polar surface area (TPSA) is 72.2 Å². The second-order valence-electron chi connectivity index (χ2n) is 4.44. The van der Waals surface area contributed by atoms with Crippen LogP contribution in [0.3, 0.4) is 0 Å².